The van der Waals surface area contributed by atoms with Crippen LogP contribution in [0.25, 0.3) is 0 Å². The molecular formula is C7H9N3O3S2. The molecule has 1 unspecified atom stereocenters. The molecule has 0 radical (unpaired) electrons. The highest BCUT2D eigenvalue weighted by Gasteiger charge is 2.36. The largest absolute Gasteiger partial charge is 0.340 e. The molecule has 1 aliphatic rings. The van der Waals surface area contributed by atoms with Crippen LogP contribution in [0.2, 0.25) is 0 Å². The van der Waals surface area contributed by atoms with Gasteiger partial charge in [0.15, 0.2) is 14.4 Å². The van der Waals surface area contributed by atoms with Crippen molar-refractivity contribution in [1.82, 2.24) is 9.62 Å². The number of urea groups is 1. The van der Waals surface area contributed by atoms with Gasteiger partial charge in [-0.15, -0.1) is 0 Å². The van der Waals surface area contributed by atoms with Crippen molar-refractivity contribution in [2.45, 2.75) is 4.58 Å². The van der Waals surface area contributed by atoms with E-state index in [2.05, 4.69) is 5.32 Å². The molecule has 82 valence electrons. The standard InChI is InChI=1S/C7H9N3O3S2/c1-9-7(11)10-4-5(3-8)6(14-10)15(2,12)13/h4,6H,1-2H3,(H,9,11). The molecule has 0 aliphatic carbocycles. The number of amides is 2. The van der Waals surface area contributed by atoms with E-state index < -0.39 is 20.5 Å². The number of hydrogen-bond acceptors (Lipinski definition) is 5. The van der Waals surface area contributed by atoms with Crippen LogP contribution in [0.4, 0.5) is 4.79 Å². The Kier molecular flexibility index (Phi) is 3.26. The third kappa shape index (κ3) is 2.43. The van der Waals surface area contributed by atoms with E-state index >= 15 is 0 Å². The van der Waals surface area contributed by atoms with Gasteiger partial charge in [0.05, 0.1) is 11.6 Å². The van der Waals surface area contributed by atoms with Gasteiger partial charge in [0.2, 0.25) is 0 Å². The Hall–Kier alpha value is -1.20. The van der Waals surface area contributed by atoms with Crippen LogP contribution in [0.3, 0.4) is 0 Å². The number of nitrogens with one attached hydrogen (secondary N) is 1. The lowest BCUT2D eigenvalue weighted by molar-refractivity contribution is 0.236. The molecular weight excluding hydrogens is 238 g/mol. The predicted molar refractivity (Wildman–Crippen MR) is 56.2 cm³/mol. The maximum Gasteiger partial charge on any atom is 0.331 e. The zero-order valence-corrected chi connectivity index (χ0v) is 9.72. The van der Waals surface area contributed by atoms with Gasteiger partial charge >= 0.3 is 6.03 Å². The molecule has 0 aromatic rings. The molecule has 0 spiro atoms. The van der Waals surface area contributed by atoms with Crippen LogP contribution in [0.1, 0.15) is 0 Å². The van der Waals surface area contributed by atoms with E-state index in [1.165, 1.54) is 13.2 Å². The highest BCUT2D eigenvalue weighted by Crippen LogP contribution is 2.34. The van der Waals surface area contributed by atoms with Gasteiger partial charge in [-0.25, -0.2) is 17.5 Å². The van der Waals surface area contributed by atoms with Gasteiger partial charge < -0.3 is 5.32 Å². The molecule has 1 heterocycles. The Morgan fingerprint density at radius 2 is 2.33 bits per heavy atom. The Morgan fingerprint density at radius 3 is 2.67 bits per heavy atom. The fourth-order valence-electron chi connectivity index (χ4n) is 0.985. The number of carbonyl (C=O) groups excluding carboxylic acids is 1. The lowest BCUT2D eigenvalue weighted by Gasteiger charge is -2.12. The quantitative estimate of drug-likeness (QED) is 0.662. The zero-order chi connectivity index (χ0) is 11.6. The number of sulfone groups is 1. The summed E-state index contributed by atoms with van der Waals surface area (Å²) >= 11 is 0.801. The molecule has 1 atom stereocenters. The smallest absolute Gasteiger partial charge is 0.331 e. The summed E-state index contributed by atoms with van der Waals surface area (Å²) in [4.78, 5) is 11.2. The first-order valence-corrected chi connectivity index (χ1v) is 6.67. The highest BCUT2D eigenvalue weighted by molar-refractivity contribution is 8.12. The van der Waals surface area contributed by atoms with E-state index in [0.717, 1.165) is 22.5 Å². The Morgan fingerprint density at radius 1 is 1.73 bits per heavy atom. The van der Waals surface area contributed by atoms with Gasteiger partial charge in [0, 0.05) is 19.5 Å². The van der Waals surface area contributed by atoms with Crippen molar-refractivity contribution in [2.24, 2.45) is 0 Å². The summed E-state index contributed by atoms with van der Waals surface area (Å²) in [5.74, 6) is 0. The van der Waals surface area contributed by atoms with Crippen molar-refractivity contribution in [3.8, 4) is 6.07 Å². The minimum absolute atomic E-state index is 0.0612. The maximum absolute atomic E-state index is 11.3. The molecule has 6 nitrogen and oxygen atoms in total. The zero-order valence-electron chi connectivity index (χ0n) is 8.09. The van der Waals surface area contributed by atoms with Crippen LogP contribution in [0.5, 0.6) is 0 Å². The first-order valence-electron chi connectivity index (χ1n) is 3.88. The summed E-state index contributed by atoms with van der Waals surface area (Å²) < 4.78 is 22.7. The van der Waals surface area contributed by atoms with E-state index in [9.17, 15) is 13.2 Å². The predicted octanol–water partition coefficient (Wildman–Crippen LogP) is 0.0678. The average Bonchev–Trinajstić information content (AvgIpc) is 2.59. The molecule has 0 aromatic heterocycles. The van der Waals surface area contributed by atoms with E-state index in [1.54, 1.807) is 6.07 Å². The van der Waals surface area contributed by atoms with Gasteiger partial charge in [0.1, 0.15) is 0 Å². The molecule has 1 rings (SSSR count). The third-order valence-electron chi connectivity index (χ3n) is 1.65. The van der Waals surface area contributed by atoms with Crippen LogP contribution in [-0.4, -0.2) is 36.6 Å². The van der Waals surface area contributed by atoms with Crippen molar-refractivity contribution in [3.05, 3.63) is 11.8 Å². The second kappa shape index (κ2) is 4.12. The van der Waals surface area contributed by atoms with Crippen LogP contribution >= 0.6 is 11.9 Å². The fourth-order valence-corrected chi connectivity index (χ4v) is 3.26. The molecule has 0 saturated carbocycles. The molecule has 0 aromatic carbocycles. The molecule has 15 heavy (non-hydrogen) atoms. The van der Waals surface area contributed by atoms with Gasteiger partial charge in [-0.3, -0.25) is 0 Å². The van der Waals surface area contributed by atoms with Crippen LogP contribution in [-0.2, 0) is 9.84 Å². The number of rotatable bonds is 1. The monoisotopic (exact) mass is 247 g/mol. The molecule has 8 heteroatoms. The van der Waals surface area contributed by atoms with Crippen molar-refractivity contribution >= 4 is 27.8 Å². The first-order chi connectivity index (χ1) is 6.90. The molecule has 0 saturated heterocycles. The van der Waals surface area contributed by atoms with Gasteiger partial charge in [-0.1, -0.05) is 0 Å². The van der Waals surface area contributed by atoms with Crippen molar-refractivity contribution in [1.29, 1.82) is 5.26 Å². The summed E-state index contributed by atoms with van der Waals surface area (Å²) in [5.41, 5.74) is 0.0612. The molecule has 1 aliphatic heterocycles. The van der Waals surface area contributed by atoms with Crippen molar-refractivity contribution in [3.63, 3.8) is 0 Å². The number of carbonyl (C=O) groups is 1. The van der Waals surface area contributed by atoms with E-state index in [-0.39, 0.29) is 5.57 Å². The minimum atomic E-state index is -3.39. The summed E-state index contributed by atoms with van der Waals surface area (Å²) in [6.07, 6.45) is 2.26. The van der Waals surface area contributed by atoms with Crippen molar-refractivity contribution < 1.29 is 13.2 Å². The average molecular weight is 247 g/mol. The normalized spacial score (nSPS) is 20.7. The van der Waals surface area contributed by atoms with Crippen LogP contribution in [0.15, 0.2) is 11.8 Å². The lowest BCUT2D eigenvalue weighted by atomic mass is 10.4. The third-order valence-corrected chi connectivity index (χ3v) is 4.93. The summed E-state index contributed by atoms with van der Waals surface area (Å²) in [7, 11) is -1.96. The first kappa shape index (κ1) is 11.9. The number of nitrogens with zero attached hydrogens (tertiary/aromatic N) is 2. The number of hydrogen-bond donors (Lipinski definition) is 1. The molecule has 0 fully saturated rings. The van der Waals surface area contributed by atoms with Crippen molar-refractivity contribution in [2.75, 3.05) is 13.3 Å². The highest BCUT2D eigenvalue weighted by atomic mass is 32.3. The topological polar surface area (TPSA) is 90.3 Å². The maximum atomic E-state index is 11.3. The summed E-state index contributed by atoms with van der Waals surface area (Å²) in [6, 6.07) is 1.31. The Labute approximate surface area is 92.0 Å². The second-order valence-electron chi connectivity index (χ2n) is 2.84. The SMILES string of the molecule is CNC(=O)N1C=C(C#N)C(S(C)(=O)=O)S1. The Balaban J connectivity index is 2.99. The fraction of sp³-hybridized carbons (Fsp3) is 0.429. The van der Waals surface area contributed by atoms with Crippen LogP contribution in [0, 0.1) is 11.3 Å². The summed E-state index contributed by atoms with van der Waals surface area (Å²) in [5, 5.41) is 11.1. The Bertz CT molecular complexity index is 449. The van der Waals surface area contributed by atoms with E-state index in [4.69, 9.17) is 5.26 Å². The lowest BCUT2D eigenvalue weighted by Crippen LogP contribution is -2.29. The molecule has 2 amide bonds. The number of nitriles is 1. The molecule has 1 N–H and O–H groups in total. The van der Waals surface area contributed by atoms with Crippen LogP contribution < -0.4 is 5.32 Å². The molecule has 0 bridgehead atoms. The minimum Gasteiger partial charge on any atom is -0.340 e. The van der Waals surface area contributed by atoms with E-state index in [1.807, 2.05) is 0 Å². The van der Waals surface area contributed by atoms with Gasteiger partial charge in [-0.2, -0.15) is 5.26 Å². The van der Waals surface area contributed by atoms with E-state index in [0.29, 0.717) is 0 Å². The van der Waals surface area contributed by atoms with Gasteiger partial charge in [0.25, 0.3) is 0 Å². The second-order valence-corrected chi connectivity index (χ2v) is 6.35. The van der Waals surface area contributed by atoms with Gasteiger partial charge in [-0.05, 0) is 11.9 Å². The summed E-state index contributed by atoms with van der Waals surface area (Å²) in [6.45, 7) is 0.